The van der Waals surface area contributed by atoms with Crippen molar-refractivity contribution in [2.45, 2.75) is 45.4 Å². The summed E-state index contributed by atoms with van der Waals surface area (Å²) in [6.07, 6.45) is 8.34. The first-order valence-electron chi connectivity index (χ1n) is 13.3. The maximum atomic E-state index is 13.2. The predicted molar refractivity (Wildman–Crippen MR) is 148 cm³/mol. The summed E-state index contributed by atoms with van der Waals surface area (Å²) < 4.78 is 5.82. The number of carbonyl (C=O) groups is 1. The smallest absolute Gasteiger partial charge is 0.276 e. The van der Waals surface area contributed by atoms with E-state index in [-0.39, 0.29) is 18.1 Å². The average molecular weight is 512 g/mol. The second kappa shape index (κ2) is 10.5. The molecule has 0 radical (unpaired) electrons. The van der Waals surface area contributed by atoms with Crippen LogP contribution in [0.4, 0.5) is 11.5 Å². The summed E-state index contributed by atoms with van der Waals surface area (Å²) in [5, 5.41) is 11.0. The molecule has 5 heterocycles. The van der Waals surface area contributed by atoms with E-state index in [0.717, 1.165) is 60.6 Å². The van der Waals surface area contributed by atoms with Gasteiger partial charge in [0, 0.05) is 43.0 Å². The number of rotatable bonds is 6. The quantitative estimate of drug-likeness (QED) is 0.394. The Kier molecular flexibility index (Phi) is 6.78. The van der Waals surface area contributed by atoms with Crippen LogP contribution in [0.25, 0.3) is 22.0 Å². The minimum Gasteiger partial charge on any atom is -0.372 e. The van der Waals surface area contributed by atoms with E-state index in [9.17, 15) is 4.79 Å². The Morgan fingerprint density at radius 1 is 1.03 bits per heavy atom. The first kappa shape index (κ1) is 24.5. The SMILES string of the molecule is CC1CN(c2ccc(NC(=O)c3n[nH]c4ccc(-c5cncc(CN6CCCC6)c5)cc34)cn2)CC(C)O1. The zero-order valence-corrected chi connectivity index (χ0v) is 21.9. The number of fused-ring (bicyclic) bond motifs is 1. The van der Waals surface area contributed by atoms with Crippen LogP contribution in [-0.4, -0.2) is 69.4 Å². The molecule has 2 fully saturated rings. The predicted octanol–water partition coefficient (Wildman–Crippen LogP) is 4.48. The monoisotopic (exact) mass is 511 g/mol. The average Bonchev–Trinajstić information content (AvgIpc) is 3.58. The van der Waals surface area contributed by atoms with E-state index >= 15 is 0 Å². The Balaban J connectivity index is 1.18. The van der Waals surface area contributed by atoms with Crippen LogP contribution in [0.15, 0.2) is 55.0 Å². The molecule has 1 amide bonds. The van der Waals surface area contributed by atoms with Crippen LogP contribution in [0.1, 0.15) is 42.7 Å². The van der Waals surface area contributed by atoms with Gasteiger partial charge in [-0.05, 0) is 81.2 Å². The number of nitrogens with one attached hydrogen (secondary N) is 2. The van der Waals surface area contributed by atoms with Crippen molar-refractivity contribution in [3.63, 3.8) is 0 Å². The summed E-state index contributed by atoms with van der Waals surface area (Å²) in [5.74, 6) is 0.595. The topological polar surface area (TPSA) is 99.3 Å². The first-order valence-corrected chi connectivity index (χ1v) is 13.3. The molecule has 0 aliphatic carbocycles. The van der Waals surface area contributed by atoms with E-state index in [0.29, 0.717) is 11.4 Å². The van der Waals surface area contributed by atoms with Gasteiger partial charge in [0.05, 0.1) is 29.6 Å². The van der Waals surface area contributed by atoms with E-state index in [4.69, 9.17) is 4.74 Å². The van der Waals surface area contributed by atoms with Crippen molar-refractivity contribution in [3.8, 4) is 11.1 Å². The highest BCUT2D eigenvalue weighted by molar-refractivity contribution is 6.11. The maximum absolute atomic E-state index is 13.2. The number of aromatic amines is 1. The Morgan fingerprint density at radius 2 is 1.84 bits per heavy atom. The summed E-state index contributed by atoms with van der Waals surface area (Å²) in [6.45, 7) is 8.93. The largest absolute Gasteiger partial charge is 0.372 e. The van der Waals surface area contributed by atoms with Crippen LogP contribution in [0.2, 0.25) is 0 Å². The van der Waals surface area contributed by atoms with Gasteiger partial charge in [0.2, 0.25) is 0 Å². The van der Waals surface area contributed by atoms with Crippen LogP contribution in [0, 0.1) is 0 Å². The molecule has 3 aromatic heterocycles. The zero-order chi connectivity index (χ0) is 26.1. The Bertz CT molecular complexity index is 1420. The molecule has 0 spiro atoms. The lowest BCUT2D eigenvalue weighted by atomic mass is 10.0. The fourth-order valence-corrected chi connectivity index (χ4v) is 5.50. The molecule has 38 heavy (non-hydrogen) atoms. The number of aromatic nitrogens is 4. The molecule has 0 saturated carbocycles. The van der Waals surface area contributed by atoms with Crippen molar-refractivity contribution in [2.75, 3.05) is 36.4 Å². The number of likely N-dealkylation sites (tertiary alicyclic amines) is 1. The van der Waals surface area contributed by atoms with Crippen LogP contribution >= 0.6 is 0 Å². The molecule has 0 bridgehead atoms. The van der Waals surface area contributed by atoms with Crippen molar-refractivity contribution < 1.29 is 9.53 Å². The number of hydrogen-bond acceptors (Lipinski definition) is 7. The molecular formula is C29H33N7O2. The lowest BCUT2D eigenvalue weighted by molar-refractivity contribution is -0.00545. The molecule has 1 aromatic carbocycles. The summed E-state index contributed by atoms with van der Waals surface area (Å²) >= 11 is 0. The Labute approximate surface area is 222 Å². The highest BCUT2D eigenvalue weighted by Crippen LogP contribution is 2.27. The van der Waals surface area contributed by atoms with Crippen molar-refractivity contribution in [3.05, 3.63) is 66.2 Å². The molecular weight excluding hydrogens is 478 g/mol. The van der Waals surface area contributed by atoms with Crippen molar-refractivity contribution in [1.29, 1.82) is 0 Å². The molecule has 2 atom stereocenters. The number of anilines is 2. The van der Waals surface area contributed by atoms with Crippen molar-refractivity contribution in [1.82, 2.24) is 25.1 Å². The number of amides is 1. The lowest BCUT2D eigenvalue weighted by Gasteiger charge is -2.36. The fraction of sp³-hybridized carbons (Fsp3) is 0.379. The normalized spacial score (nSPS) is 20.2. The minimum atomic E-state index is -0.280. The van der Waals surface area contributed by atoms with Gasteiger partial charge in [0.25, 0.3) is 5.91 Å². The highest BCUT2D eigenvalue weighted by atomic mass is 16.5. The third-order valence-corrected chi connectivity index (χ3v) is 7.26. The lowest BCUT2D eigenvalue weighted by Crippen LogP contribution is -2.45. The number of carbonyl (C=O) groups excluding carboxylic acids is 1. The van der Waals surface area contributed by atoms with E-state index in [2.05, 4.69) is 55.2 Å². The van der Waals surface area contributed by atoms with Crippen LogP contribution in [0.5, 0.6) is 0 Å². The van der Waals surface area contributed by atoms with Gasteiger partial charge in [-0.1, -0.05) is 6.07 Å². The maximum Gasteiger partial charge on any atom is 0.276 e. The van der Waals surface area contributed by atoms with Crippen molar-refractivity contribution >= 4 is 28.3 Å². The number of ether oxygens (including phenoxy) is 1. The molecule has 9 heteroatoms. The number of pyridine rings is 2. The van der Waals surface area contributed by atoms with E-state index in [1.807, 2.05) is 42.7 Å². The molecule has 2 aliphatic heterocycles. The van der Waals surface area contributed by atoms with Crippen LogP contribution < -0.4 is 10.2 Å². The van der Waals surface area contributed by atoms with E-state index < -0.39 is 0 Å². The summed E-state index contributed by atoms with van der Waals surface area (Å²) in [5.41, 5.74) is 5.02. The molecule has 2 unspecified atom stereocenters. The standard InChI is InChI=1S/C29H33N7O2/c1-19-16-36(17-20(2)38-19)27-8-6-24(15-31-27)32-29(37)28-25-12-22(5-7-26(25)33-34-28)23-11-21(13-30-14-23)18-35-9-3-4-10-35/h5-8,11-15,19-20H,3-4,9-10,16-18H2,1-2H3,(H,32,37)(H,33,34). The number of benzene rings is 1. The molecule has 6 rings (SSSR count). The van der Waals surface area contributed by atoms with Gasteiger partial charge in [0.1, 0.15) is 5.82 Å². The summed E-state index contributed by atoms with van der Waals surface area (Å²) in [4.78, 5) is 26.9. The van der Waals surface area contributed by atoms with Gasteiger partial charge in [-0.25, -0.2) is 4.98 Å². The van der Waals surface area contributed by atoms with Gasteiger partial charge in [0.15, 0.2) is 5.69 Å². The number of H-pyrrole nitrogens is 1. The molecule has 196 valence electrons. The number of nitrogens with zero attached hydrogens (tertiary/aromatic N) is 5. The third kappa shape index (κ3) is 5.25. The van der Waals surface area contributed by atoms with E-state index in [1.165, 1.54) is 18.4 Å². The molecule has 2 saturated heterocycles. The Morgan fingerprint density at radius 3 is 2.61 bits per heavy atom. The van der Waals surface area contributed by atoms with Gasteiger partial charge >= 0.3 is 0 Å². The Hall–Kier alpha value is -3.82. The summed E-state index contributed by atoms with van der Waals surface area (Å²) in [7, 11) is 0. The second-order valence-corrected chi connectivity index (χ2v) is 10.4. The number of morpholine rings is 1. The van der Waals surface area contributed by atoms with Gasteiger partial charge in [-0.3, -0.25) is 19.8 Å². The molecule has 4 aromatic rings. The highest BCUT2D eigenvalue weighted by Gasteiger charge is 2.23. The molecule has 9 nitrogen and oxygen atoms in total. The van der Waals surface area contributed by atoms with Crippen LogP contribution in [0.3, 0.4) is 0 Å². The van der Waals surface area contributed by atoms with Gasteiger partial charge in [-0.15, -0.1) is 0 Å². The zero-order valence-electron chi connectivity index (χ0n) is 21.9. The summed E-state index contributed by atoms with van der Waals surface area (Å²) in [6, 6.07) is 12.0. The van der Waals surface area contributed by atoms with Gasteiger partial charge in [-0.2, -0.15) is 5.10 Å². The third-order valence-electron chi connectivity index (χ3n) is 7.26. The molecule has 2 aliphatic rings. The molecule has 2 N–H and O–H groups in total. The minimum absolute atomic E-state index is 0.154. The first-order chi connectivity index (χ1) is 18.5. The van der Waals surface area contributed by atoms with E-state index in [1.54, 1.807) is 6.20 Å². The van der Waals surface area contributed by atoms with Gasteiger partial charge < -0.3 is 15.0 Å². The second-order valence-electron chi connectivity index (χ2n) is 10.4. The van der Waals surface area contributed by atoms with Crippen LogP contribution in [-0.2, 0) is 11.3 Å². The number of hydrogen-bond donors (Lipinski definition) is 2. The fourth-order valence-electron chi connectivity index (χ4n) is 5.50. The van der Waals surface area contributed by atoms with Crippen molar-refractivity contribution in [2.24, 2.45) is 0 Å².